The summed E-state index contributed by atoms with van der Waals surface area (Å²) >= 11 is 0. The highest BCUT2D eigenvalue weighted by Crippen LogP contribution is 2.26. The van der Waals surface area contributed by atoms with Crippen LogP contribution in [0.3, 0.4) is 0 Å². The highest BCUT2D eigenvalue weighted by atomic mass is 32.2. The lowest BCUT2D eigenvalue weighted by atomic mass is 10.2. The van der Waals surface area contributed by atoms with E-state index < -0.39 is 28.2 Å². The largest absolute Gasteiger partial charge is 0.743 e. The molecule has 0 aliphatic heterocycles. The fourth-order valence-electron chi connectivity index (χ4n) is 2.85. The summed E-state index contributed by atoms with van der Waals surface area (Å²) in [5.41, 5.74) is 4.33. The molecule has 0 aromatic heterocycles. The Labute approximate surface area is 195 Å². The average Bonchev–Trinajstić information content (AvgIpc) is 2.80. The average molecular weight is 499 g/mol. The summed E-state index contributed by atoms with van der Waals surface area (Å²) in [5, 5.41) is 2.72. The minimum absolute atomic E-state index is 0.323. The molecule has 9 heteroatoms. The zero-order valence-corrected chi connectivity index (χ0v) is 19.3. The van der Waals surface area contributed by atoms with Crippen LogP contribution in [0.2, 0.25) is 0 Å². The normalized spacial score (nSPS) is 12.7. The van der Waals surface area contributed by atoms with Gasteiger partial charge in [-0.3, -0.25) is 0 Å². The summed E-state index contributed by atoms with van der Waals surface area (Å²) in [4.78, 5) is 0. The second-order valence-corrected chi connectivity index (χ2v) is 10.7. The standard InChI is InChI=1S/C21H21S.C3H5F3O4S/c1-4-10-19(11-5-1)16-22(17-20-12-6-2-7-13-20)18-21-14-8-3-9-15-21;4-2(1-7)3(5,6)11(8,9)10/h1-15H,16-18H2;2,7H,1H2,(H,8,9,10)/q+1;/p-1. The van der Waals surface area contributed by atoms with E-state index in [9.17, 15) is 26.1 Å². The fraction of sp³-hybridized carbons (Fsp3) is 0.250. The summed E-state index contributed by atoms with van der Waals surface area (Å²) in [6, 6.07) is 32.6. The van der Waals surface area contributed by atoms with Crippen molar-refractivity contribution in [2.45, 2.75) is 28.7 Å². The molecule has 0 fully saturated rings. The molecule has 0 saturated carbocycles. The summed E-state index contributed by atoms with van der Waals surface area (Å²) < 4.78 is 64.4. The van der Waals surface area contributed by atoms with Gasteiger partial charge in [-0.05, 0) is 0 Å². The molecule has 0 aliphatic carbocycles. The molecule has 3 rings (SSSR count). The minimum Gasteiger partial charge on any atom is -0.743 e. The van der Waals surface area contributed by atoms with Crippen molar-refractivity contribution >= 4 is 21.0 Å². The lowest BCUT2D eigenvalue weighted by Gasteiger charge is -2.21. The molecule has 0 spiro atoms. The summed E-state index contributed by atoms with van der Waals surface area (Å²) in [5.74, 6) is 3.47. The van der Waals surface area contributed by atoms with Crippen LogP contribution in [0, 0.1) is 0 Å². The number of hydrogen-bond acceptors (Lipinski definition) is 4. The first-order valence-corrected chi connectivity index (χ1v) is 13.1. The maximum atomic E-state index is 11.9. The molecule has 178 valence electrons. The Morgan fingerprint density at radius 2 is 1.06 bits per heavy atom. The van der Waals surface area contributed by atoms with Crippen molar-refractivity contribution in [3.05, 3.63) is 108 Å². The van der Waals surface area contributed by atoms with Crippen molar-refractivity contribution in [1.82, 2.24) is 0 Å². The molecule has 0 aliphatic rings. The zero-order valence-electron chi connectivity index (χ0n) is 17.7. The second-order valence-electron chi connectivity index (χ2n) is 7.17. The van der Waals surface area contributed by atoms with Crippen LogP contribution in [0.15, 0.2) is 91.0 Å². The Bertz CT molecular complexity index is 952. The molecular weight excluding hydrogens is 473 g/mol. The van der Waals surface area contributed by atoms with Gasteiger partial charge in [-0.1, -0.05) is 91.0 Å². The molecule has 4 nitrogen and oxygen atoms in total. The van der Waals surface area contributed by atoms with Crippen LogP contribution in [0.25, 0.3) is 0 Å². The van der Waals surface area contributed by atoms with Crippen molar-refractivity contribution in [2.24, 2.45) is 0 Å². The molecule has 0 saturated heterocycles. The van der Waals surface area contributed by atoms with Crippen LogP contribution in [-0.2, 0) is 38.3 Å². The van der Waals surface area contributed by atoms with Crippen LogP contribution in [0.4, 0.5) is 13.2 Å². The summed E-state index contributed by atoms with van der Waals surface area (Å²) in [7, 11) is -5.71. The molecule has 0 radical (unpaired) electrons. The van der Waals surface area contributed by atoms with Crippen LogP contribution in [-0.4, -0.2) is 36.1 Å². The first kappa shape index (κ1) is 26.9. The maximum absolute atomic E-state index is 11.9. The molecule has 3 aromatic rings. The quantitative estimate of drug-likeness (QED) is 0.344. The molecule has 1 atom stereocenters. The minimum atomic E-state index is -6.03. The van der Waals surface area contributed by atoms with Crippen LogP contribution in [0.1, 0.15) is 16.7 Å². The van der Waals surface area contributed by atoms with E-state index in [1.807, 2.05) is 0 Å². The third-order valence-corrected chi connectivity index (χ3v) is 7.65. The van der Waals surface area contributed by atoms with Crippen molar-refractivity contribution in [1.29, 1.82) is 0 Å². The number of rotatable bonds is 9. The van der Waals surface area contributed by atoms with Gasteiger partial charge < -0.3 is 9.66 Å². The predicted octanol–water partition coefficient (Wildman–Crippen LogP) is 4.66. The highest BCUT2D eigenvalue weighted by molar-refractivity contribution is 7.94. The van der Waals surface area contributed by atoms with Crippen molar-refractivity contribution < 1.29 is 31.2 Å². The third kappa shape index (κ3) is 8.85. The van der Waals surface area contributed by atoms with Crippen molar-refractivity contribution in [2.75, 3.05) is 6.61 Å². The van der Waals surface area contributed by atoms with E-state index in [0.717, 1.165) is 17.3 Å². The van der Waals surface area contributed by atoms with E-state index in [-0.39, 0.29) is 0 Å². The zero-order chi connectivity index (χ0) is 24.3. The number of alkyl halides is 3. The monoisotopic (exact) mass is 498 g/mol. The van der Waals surface area contributed by atoms with E-state index in [2.05, 4.69) is 91.0 Å². The first-order chi connectivity index (χ1) is 15.6. The molecule has 0 bridgehead atoms. The molecule has 33 heavy (non-hydrogen) atoms. The maximum Gasteiger partial charge on any atom is 0.367 e. The lowest BCUT2D eigenvalue weighted by Crippen LogP contribution is -2.40. The van der Waals surface area contributed by atoms with Gasteiger partial charge >= 0.3 is 5.25 Å². The Morgan fingerprint density at radius 1 is 0.758 bits per heavy atom. The van der Waals surface area contributed by atoms with E-state index >= 15 is 0 Å². The summed E-state index contributed by atoms with van der Waals surface area (Å²) in [6.07, 6.45) is -3.37. The Hall–Kier alpha value is -2.33. The van der Waals surface area contributed by atoms with E-state index in [4.69, 9.17) is 5.11 Å². The Morgan fingerprint density at radius 3 is 1.27 bits per heavy atom. The molecule has 0 amide bonds. The Kier molecular flexibility index (Phi) is 10.4. The molecule has 1 unspecified atom stereocenters. The summed E-state index contributed by atoms with van der Waals surface area (Å²) in [6.45, 7) is -1.71. The van der Waals surface area contributed by atoms with E-state index in [1.54, 1.807) is 0 Å². The van der Waals surface area contributed by atoms with E-state index in [0.29, 0.717) is 10.9 Å². The van der Waals surface area contributed by atoms with Gasteiger partial charge in [0.15, 0.2) is 16.3 Å². The molecule has 0 heterocycles. The van der Waals surface area contributed by atoms with Crippen LogP contribution >= 0.6 is 0 Å². The van der Waals surface area contributed by atoms with Crippen molar-refractivity contribution in [3.63, 3.8) is 0 Å². The Balaban J connectivity index is 0.000000299. The van der Waals surface area contributed by atoms with Gasteiger partial charge in [-0.25, -0.2) is 12.8 Å². The van der Waals surface area contributed by atoms with Gasteiger partial charge in [0.2, 0.25) is 0 Å². The van der Waals surface area contributed by atoms with Gasteiger partial charge in [-0.15, -0.1) is 0 Å². The molecule has 1 N–H and O–H groups in total. The number of halogens is 3. The van der Waals surface area contributed by atoms with Gasteiger partial charge in [0.05, 0.1) is 6.61 Å². The van der Waals surface area contributed by atoms with Gasteiger partial charge in [0.25, 0.3) is 0 Å². The van der Waals surface area contributed by atoms with Gasteiger partial charge in [-0.2, -0.15) is 8.78 Å². The van der Waals surface area contributed by atoms with E-state index in [1.165, 1.54) is 16.7 Å². The lowest BCUT2D eigenvalue weighted by molar-refractivity contribution is -0.0273. The number of hydrogen-bond donors (Lipinski definition) is 1. The third-order valence-electron chi connectivity index (χ3n) is 4.50. The smallest absolute Gasteiger partial charge is 0.367 e. The topological polar surface area (TPSA) is 77.4 Å². The SMILES string of the molecule is O=S(=O)([O-])C(F)(F)C(F)CO.c1ccc(C[S+](Cc2ccccc2)Cc2ccccc2)cc1. The second kappa shape index (κ2) is 12.8. The number of benzene rings is 3. The van der Waals surface area contributed by atoms with Gasteiger partial charge in [0, 0.05) is 27.6 Å². The molecule has 3 aromatic carbocycles. The fourth-order valence-corrected chi connectivity index (χ4v) is 5.53. The first-order valence-electron chi connectivity index (χ1n) is 9.97. The van der Waals surface area contributed by atoms with Crippen LogP contribution < -0.4 is 0 Å². The molecular formula is C24H25F3O4S2. The van der Waals surface area contributed by atoms with Gasteiger partial charge in [0.1, 0.15) is 17.3 Å². The number of aliphatic hydroxyl groups is 1. The van der Waals surface area contributed by atoms with Crippen LogP contribution in [0.5, 0.6) is 0 Å². The highest BCUT2D eigenvalue weighted by Gasteiger charge is 2.46. The van der Waals surface area contributed by atoms with Crippen molar-refractivity contribution in [3.8, 4) is 0 Å². The number of aliphatic hydroxyl groups excluding tert-OH is 1. The predicted molar refractivity (Wildman–Crippen MR) is 124 cm³/mol.